The van der Waals surface area contributed by atoms with Crippen molar-refractivity contribution in [3.8, 4) is 0 Å². The number of nitrogens with one attached hydrogen (secondary N) is 1. The maximum Gasteiger partial charge on any atom is 0.338 e. The van der Waals surface area contributed by atoms with Gasteiger partial charge < -0.3 is 20.9 Å². The summed E-state index contributed by atoms with van der Waals surface area (Å²) in [7, 11) is 0. The Kier molecular flexibility index (Phi) is 4.21. The van der Waals surface area contributed by atoms with E-state index >= 15 is 0 Å². The number of carboxylic acids is 1. The molecule has 0 saturated carbocycles. The van der Waals surface area contributed by atoms with Gasteiger partial charge in [-0.3, -0.25) is 0 Å². The van der Waals surface area contributed by atoms with Crippen molar-refractivity contribution in [3.63, 3.8) is 0 Å². The van der Waals surface area contributed by atoms with E-state index in [-0.39, 0.29) is 5.69 Å². The zero-order chi connectivity index (χ0) is 13.8. The molecule has 4 N–H and O–H groups in total. The molecule has 0 aromatic heterocycles. The van der Waals surface area contributed by atoms with Gasteiger partial charge in [-0.15, -0.1) is 0 Å². The van der Waals surface area contributed by atoms with Crippen LogP contribution in [-0.2, 0) is 4.74 Å². The van der Waals surface area contributed by atoms with Gasteiger partial charge in [0.1, 0.15) is 5.82 Å². The number of hydrogen-bond donors (Lipinski definition) is 3. The van der Waals surface area contributed by atoms with Crippen molar-refractivity contribution in [3.05, 3.63) is 23.5 Å². The number of anilines is 2. The molecule has 2 rings (SSSR count). The van der Waals surface area contributed by atoms with Crippen LogP contribution in [0, 0.1) is 11.7 Å². The monoisotopic (exact) mass is 268 g/mol. The Bertz CT molecular complexity index is 473. The van der Waals surface area contributed by atoms with Crippen LogP contribution < -0.4 is 11.1 Å². The lowest BCUT2D eigenvalue weighted by molar-refractivity contribution is 0.0595. The molecule has 0 bridgehead atoms. The number of hydrogen-bond acceptors (Lipinski definition) is 4. The molecule has 0 spiro atoms. The first kappa shape index (κ1) is 13.6. The van der Waals surface area contributed by atoms with E-state index in [9.17, 15) is 9.18 Å². The molecule has 1 aliphatic heterocycles. The van der Waals surface area contributed by atoms with Gasteiger partial charge in [0.2, 0.25) is 0 Å². The SMILES string of the molecule is Nc1cc(C(=O)O)c(F)cc1NCC1CCCOC1. The van der Waals surface area contributed by atoms with Crippen LogP contribution >= 0.6 is 0 Å². The zero-order valence-electron chi connectivity index (χ0n) is 10.5. The van der Waals surface area contributed by atoms with Crippen molar-refractivity contribution < 1.29 is 19.0 Å². The van der Waals surface area contributed by atoms with Crippen LogP contribution in [0.15, 0.2) is 12.1 Å². The molecule has 1 aromatic carbocycles. The second-order valence-electron chi connectivity index (χ2n) is 4.69. The third kappa shape index (κ3) is 3.35. The lowest BCUT2D eigenvalue weighted by Gasteiger charge is -2.23. The lowest BCUT2D eigenvalue weighted by atomic mass is 10.0. The maximum absolute atomic E-state index is 13.5. The van der Waals surface area contributed by atoms with Crippen molar-refractivity contribution in [2.75, 3.05) is 30.8 Å². The molecule has 1 aliphatic rings. The van der Waals surface area contributed by atoms with Gasteiger partial charge >= 0.3 is 5.97 Å². The van der Waals surface area contributed by atoms with Gasteiger partial charge in [-0.25, -0.2) is 9.18 Å². The minimum absolute atomic E-state index is 0.232. The van der Waals surface area contributed by atoms with E-state index in [1.807, 2.05) is 0 Å². The Morgan fingerprint density at radius 1 is 1.58 bits per heavy atom. The predicted molar refractivity (Wildman–Crippen MR) is 69.8 cm³/mol. The van der Waals surface area contributed by atoms with E-state index in [0.717, 1.165) is 31.6 Å². The van der Waals surface area contributed by atoms with Crippen LogP contribution in [0.1, 0.15) is 23.2 Å². The van der Waals surface area contributed by atoms with Gasteiger partial charge in [0, 0.05) is 13.2 Å². The van der Waals surface area contributed by atoms with Crippen molar-refractivity contribution in [1.82, 2.24) is 0 Å². The average Bonchev–Trinajstić information content (AvgIpc) is 2.40. The second-order valence-corrected chi connectivity index (χ2v) is 4.69. The molecule has 5 nitrogen and oxygen atoms in total. The number of carbonyl (C=O) groups is 1. The minimum atomic E-state index is -1.32. The van der Waals surface area contributed by atoms with Crippen LogP contribution in [0.3, 0.4) is 0 Å². The van der Waals surface area contributed by atoms with Gasteiger partial charge in [0.25, 0.3) is 0 Å². The van der Waals surface area contributed by atoms with Crippen molar-refractivity contribution >= 4 is 17.3 Å². The normalized spacial score (nSPS) is 19.1. The predicted octanol–water partition coefficient (Wildman–Crippen LogP) is 1.94. The van der Waals surface area contributed by atoms with E-state index in [2.05, 4.69) is 5.32 Å². The number of halogens is 1. The fraction of sp³-hybridized carbons (Fsp3) is 0.462. The Hall–Kier alpha value is -1.82. The first-order chi connectivity index (χ1) is 9.08. The van der Waals surface area contributed by atoms with Crippen molar-refractivity contribution in [2.45, 2.75) is 12.8 Å². The van der Waals surface area contributed by atoms with Crippen LogP contribution in [0.2, 0.25) is 0 Å². The highest BCUT2D eigenvalue weighted by molar-refractivity contribution is 5.90. The number of aromatic carboxylic acids is 1. The summed E-state index contributed by atoms with van der Waals surface area (Å²) in [6.45, 7) is 2.11. The number of benzene rings is 1. The van der Waals surface area contributed by atoms with E-state index in [4.69, 9.17) is 15.6 Å². The molecule has 0 radical (unpaired) electrons. The van der Waals surface area contributed by atoms with Gasteiger partial charge in [0.05, 0.1) is 23.5 Å². The smallest absolute Gasteiger partial charge is 0.338 e. The third-order valence-electron chi connectivity index (χ3n) is 3.21. The molecule has 0 aliphatic carbocycles. The molecule has 6 heteroatoms. The summed E-state index contributed by atoms with van der Waals surface area (Å²) < 4.78 is 18.9. The number of rotatable bonds is 4. The number of carboxylic acid groups (broad SMARTS) is 1. The highest BCUT2D eigenvalue weighted by Gasteiger charge is 2.16. The first-order valence-electron chi connectivity index (χ1n) is 6.22. The van der Waals surface area contributed by atoms with Crippen molar-refractivity contribution in [1.29, 1.82) is 0 Å². The number of nitrogens with two attached hydrogens (primary N) is 1. The number of nitrogen functional groups attached to an aromatic ring is 1. The summed E-state index contributed by atoms with van der Waals surface area (Å²) in [6.07, 6.45) is 2.08. The quantitative estimate of drug-likeness (QED) is 0.727. The Morgan fingerprint density at radius 2 is 2.37 bits per heavy atom. The van der Waals surface area contributed by atoms with Gasteiger partial charge in [-0.1, -0.05) is 0 Å². The molecule has 19 heavy (non-hydrogen) atoms. The zero-order valence-corrected chi connectivity index (χ0v) is 10.5. The van der Waals surface area contributed by atoms with Gasteiger partial charge in [-0.05, 0) is 30.9 Å². The Labute approximate surface area is 110 Å². The topological polar surface area (TPSA) is 84.6 Å². The fourth-order valence-electron chi connectivity index (χ4n) is 2.13. The minimum Gasteiger partial charge on any atom is -0.478 e. The molecular formula is C13H17FN2O3. The van der Waals surface area contributed by atoms with E-state index in [1.54, 1.807) is 0 Å². The highest BCUT2D eigenvalue weighted by Crippen LogP contribution is 2.24. The average molecular weight is 268 g/mol. The van der Waals surface area contributed by atoms with E-state index < -0.39 is 17.3 Å². The Morgan fingerprint density at radius 3 is 3.00 bits per heavy atom. The molecule has 1 saturated heterocycles. The maximum atomic E-state index is 13.5. The molecule has 104 valence electrons. The molecule has 1 unspecified atom stereocenters. The third-order valence-corrected chi connectivity index (χ3v) is 3.21. The van der Waals surface area contributed by atoms with Crippen LogP contribution in [0.4, 0.5) is 15.8 Å². The first-order valence-corrected chi connectivity index (χ1v) is 6.22. The molecule has 1 aromatic rings. The summed E-state index contributed by atoms with van der Waals surface area (Å²) in [4.78, 5) is 10.8. The lowest BCUT2D eigenvalue weighted by Crippen LogP contribution is -2.24. The van der Waals surface area contributed by atoms with Gasteiger partial charge in [0.15, 0.2) is 0 Å². The van der Waals surface area contributed by atoms with E-state index in [1.165, 1.54) is 0 Å². The molecular weight excluding hydrogens is 251 g/mol. The molecule has 1 fully saturated rings. The van der Waals surface area contributed by atoms with Crippen LogP contribution in [-0.4, -0.2) is 30.8 Å². The summed E-state index contributed by atoms with van der Waals surface area (Å²) in [5.41, 5.74) is 5.96. The van der Waals surface area contributed by atoms with Gasteiger partial charge in [-0.2, -0.15) is 0 Å². The van der Waals surface area contributed by atoms with Crippen LogP contribution in [0.5, 0.6) is 0 Å². The summed E-state index contributed by atoms with van der Waals surface area (Å²) in [5, 5.41) is 11.8. The molecule has 1 atom stereocenters. The summed E-state index contributed by atoms with van der Waals surface area (Å²) >= 11 is 0. The van der Waals surface area contributed by atoms with Crippen molar-refractivity contribution in [2.24, 2.45) is 5.92 Å². The molecule has 0 amide bonds. The molecule has 1 heterocycles. The largest absolute Gasteiger partial charge is 0.478 e. The standard InChI is InChI=1S/C13H17FN2O3/c14-10-5-12(11(15)4-9(10)13(17)18)16-6-8-2-1-3-19-7-8/h4-5,8,16H,1-3,6-7,15H2,(H,17,18). The number of ether oxygens (including phenoxy) is 1. The van der Waals surface area contributed by atoms with Crippen LogP contribution in [0.25, 0.3) is 0 Å². The summed E-state index contributed by atoms with van der Waals surface area (Å²) in [5.74, 6) is -1.74. The Balaban J connectivity index is 2.04. The van der Waals surface area contributed by atoms with E-state index in [0.29, 0.717) is 24.8 Å². The highest BCUT2D eigenvalue weighted by atomic mass is 19.1. The summed E-state index contributed by atoms with van der Waals surface area (Å²) in [6, 6.07) is 2.26. The second kappa shape index (κ2) is 5.88. The fourth-order valence-corrected chi connectivity index (χ4v) is 2.13.